The van der Waals surface area contributed by atoms with Crippen molar-refractivity contribution in [1.82, 2.24) is 19.9 Å². The summed E-state index contributed by atoms with van der Waals surface area (Å²) in [5.41, 5.74) is 2.71. The van der Waals surface area contributed by atoms with Crippen LogP contribution < -0.4 is 0 Å². The lowest BCUT2D eigenvalue weighted by atomic mass is 10.1. The Morgan fingerprint density at radius 2 is 2.12 bits per heavy atom. The minimum Gasteiger partial charge on any atom is -0.368 e. The van der Waals surface area contributed by atoms with Crippen molar-refractivity contribution in [2.75, 3.05) is 19.7 Å². The van der Waals surface area contributed by atoms with Gasteiger partial charge in [0, 0.05) is 23.1 Å². The van der Waals surface area contributed by atoms with Gasteiger partial charge in [-0.05, 0) is 44.2 Å². The summed E-state index contributed by atoms with van der Waals surface area (Å²) in [4.78, 5) is 26.3. The number of aromatic amines is 1. The molecule has 0 bridgehead atoms. The van der Waals surface area contributed by atoms with Crippen molar-refractivity contribution < 1.29 is 13.9 Å². The van der Waals surface area contributed by atoms with Crippen molar-refractivity contribution in [3.05, 3.63) is 59.1 Å². The van der Waals surface area contributed by atoms with Gasteiger partial charge in [0.15, 0.2) is 0 Å². The first-order valence-corrected chi connectivity index (χ1v) is 8.51. The molecule has 4 rings (SSSR count). The van der Waals surface area contributed by atoms with Crippen LogP contribution in [0.25, 0.3) is 10.9 Å². The fraction of sp³-hybridized carbons (Fsp3) is 0.316. The largest absolute Gasteiger partial charge is 0.368 e. The van der Waals surface area contributed by atoms with E-state index in [1.54, 1.807) is 17.0 Å². The number of H-pyrrole nitrogens is 1. The molecule has 0 aliphatic carbocycles. The van der Waals surface area contributed by atoms with Gasteiger partial charge in [0.2, 0.25) is 0 Å². The molecule has 3 heterocycles. The lowest BCUT2D eigenvalue weighted by Crippen LogP contribution is -2.42. The Bertz CT molecular complexity index is 965. The minimum absolute atomic E-state index is 0.127. The molecule has 2 aromatic heterocycles. The number of aromatic nitrogens is 3. The van der Waals surface area contributed by atoms with Crippen LogP contribution in [0.3, 0.4) is 0 Å². The molecule has 1 amide bonds. The fourth-order valence-electron chi connectivity index (χ4n) is 3.31. The van der Waals surface area contributed by atoms with Gasteiger partial charge in [0.25, 0.3) is 5.91 Å². The maximum Gasteiger partial charge on any atom is 0.270 e. The average molecular weight is 354 g/mol. The average Bonchev–Trinajstić information content (AvgIpc) is 3.03. The summed E-state index contributed by atoms with van der Waals surface area (Å²) < 4.78 is 19.2. The maximum atomic E-state index is 13.4. The number of nitrogens with one attached hydrogen (secondary N) is 1. The molecule has 0 unspecified atom stereocenters. The van der Waals surface area contributed by atoms with E-state index < -0.39 is 0 Å². The van der Waals surface area contributed by atoms with E-state index in [1.807, 2.05) is 19.9 Å². The van der Waals surface area contributed by atoms with Crippen LogP contribution >= 0.6 is 0 Å². The standard InChI is InChI=1S/C19H19FN4O2/c1-11-7-16(22-12(2)21-11)18-10-24(5-6-26-18)19(25)17-8-13-3-4-14(20)9-15(13)23-17/h3-4,7-9,18,23H,5-6,10H2,1-2H3/t18-/m1/s1. The van der Waals surface area contributed by atoms with E-state index in [4.69, 9.17) is 4.74 Å². The van der Waals surface area contributed by atoms with Crippen molar-refractivity contribution in [2.45, 2.75) is 20.0 Å². The molecule has 134 valence electrons. The molecule has 0 spiro atoms. The number of carbonyl (C=O) groups excluding carboxylic acids is 1. The fourth-order valence-corrected chi connectivity index (χ4v) is 3.31. The summed E-state index contributed by atoms with van der Waals surface area (Å²) in [5.74, 6) is 0.224. The molecular weight excluding hydrogens is 335 g/mol. The first kappa shape index (κ1) is 16.7. The zero-order valence-electron chi connectivity index (χ0n) is 14.6. The normalized spacial score (nSPS) is 17.7. The number of nitrogens with zero attached hydrogens (tertiary/aromatic N) is 3. The Morgan fingerprint density at radius 3 is 2.92 bits per heavy atom. The third-order valence-electron chi connectivity index (χ3n) is 4.48. The highest BCUT2D eigenvalue weighted by molar-refractivity contribution is 5.98. The second-order valence-corrected chi connectivity index (χ2v) is 6.51. The van der Waals surface area contributed by atoms with Crippen LogP contribution in [-0.2, 0) is 4.74 Å². The first-order valence-electron chi connectivity index (χ1n) is 8.51. The maximum absolute atomic E-state index is 13.4. The van der Waals surface area contributed by atoms with E-state index in [1.165, 1.54) is 12.1 Å². The van der Waals surface area contributed by atoms with Gasteiger partial charge in [-0.2, -0.15) is 0 Å². The third kappa shape index (κ3) is 3.17. The lowest BCUT2D eigenvalue weighted by molar-refractivity contribution is -0.0250. The molecule has 1 aliphatic heterocycles. The van der Waals surface area contributed by atoms with Crippen LogP contribution in [-0.4, -0.2) is 45.5 Å². The molecule has 1 atom stereocenters. The predicted molar refractivity (Wildman–Crippen MR) is 94.4 cm³/mol. The monoisotopic (exact) mass is 354 g/mol. The topological polar surface area (TPSA) is 71.1 Å². The zero-order valence-corrected chi connectivity index (χ0v) is 14.6. The predicted octanol–water partition coefficient (Wildman–Crippen LogP) is 2.93. The van der Waals surface area contributed by atoms with E-state index in [0.717, 1.165) is 16.8 Å². The van der Waals surface area contributed by atoms with Gasteiger partial charge < -0.3 is 14.6 Å². The molecule has 1 saturated heterocycles. The molecule has 1 aromatic carbocycles. The van der Waals surface area contributed by atoms with Crippen molar-refractivity contribution in [3.63, 3.8) is 0 Å². The van der Waals surface area contributed by atoms with Crippen molar-refractivity contribution in [2.24, 2.45) is 0 Å². The highest BCUT2D eigenvalue weighted by Crippen LogP contribution is 2.24. The Morgan fingerprint density at radius 1 is 1.27 bits per heavy atom. The first-order chi connectivity index (χ1) is 12.5. The summed E-state index contributed by atoms with van der Waals surface area (Å²) in [5, 5.41) is 0.807. The number of amides is 1. The van der Waals surface area contributed by atoms with Gasteiger partial charge in [-0.3, -0.25) is 4.79 Å². The van der Waals surface area contributed by atoms with Crippen molar-refractivity contribution in [1.29, 1.82) is 0 Å². The Labute approximate surface area is 150 Å². The molecule has 1 N–H and O–H groups in total. The van der Waals surface area contributed by atoms with Crippen LogP contribution in [0, 0.1) is 19.7 Å². The number of halogens is 1. The number of aryl methyl sites for hydroxylation is 2. The number of benzene rings is 1. The van der Waals surface area contributed by atoms with Gasteiger partial charge in [0.1, 0.15) is 23.4 Å². The van der Waals surface area contributed by atoms with E-state index in [9.17, 15) is 9.18 Å². The number of fused-ring (bicyclic) bond motifs is 1. The van der Waals surface area contributed by atoms with Crippen LogP contribution in [0.4, 0.5) is 4.39 Å². The minimum atomic E-state index is -0.334. The highest BCUT2D eigenvalue weighted by Gasteiger charge is 2.28. The Hall–Kier alpha value is -2.80. The quantitative estimate of drug-likeness (QED) is 0.768. The summed E-state index contributed by atoms with van der Waals surface area (Å²) in [7, 11) is 0. The summed E-state index contributed by atoms with van der Waals surface area (Å²) in [6.07, 6.45) is -0.282. The SMILES string of the molecule is Cc1cc([C@H]2CN(C(=O)c3cc4ccc(F)cc4[nH]3)CCO2)nc(C)n1. The highest BCUT2D eigenvalue weighted by atomic mass is 19.1. The van der Waals surface area contributed by atoms with Crippen LogP contribution in [0.5, 0.6) is 0 Å². The van der Waals surface area contributed by atoms with Crippen molar-refractivity contribution in [3.8, 4) is 0 Å². The van der Waals surface area contributed by atoms with Crippen molar-refractivity contribution >= 4 is 16.8 Å². The number of rotatable bonds is 2. The summed E-state index contributed by atoms with van der Waals surface area (Å²) >= 11 is 0. The van der Waals surface area contributed by atoms with Crippen LogP contribution in [0.15, 0.2) is 30.3 Å². The number of hydrogen-bond acceptors (Lipinski definition) is 4. The molecule has 6 nitrogen and oxygen atoms in total. The molecule has 26 heavy (non-hydrogen) atoms. The van der Waals surface area contributed by atoms with Gasteiger partial charge in [-0.25, -0.2) is 14.4 Å². The van der Waals surface area contributed by atoms with E-state index in [-0.39, 0.29) is 17.8 Å². The lowest BCUT2D eigenvalue weighted by Gasteiger charge is -2.32. The molecular formula is C19H19FN4O2. The van der Waals surface area contributed by atoms with Gasteiger partial charge >= 0.3 is 0 Å². The number of morpholine rings is 1. The molecule has 1 fully saturated rings. The number of hydrogen-bond donors (Lipinski definition) is 1. The molecule has 0 saturated carbocycles. The molecule has 0 radical (unpaired) electrons. The van der Waals surface area contributed by atoms with Crippen LogP contribution in [0.1, 0.15) is 33.8 Å². The molecule has 7 heteroatoms. The summed E-state index contributed by atoms with van der Waals surface area (Å²) in [6.45, 7) is 5.10. The van der Waals surface area contributed by atoms with Gasteiger partial charge in [0.05, 0.1) is 18.8 Å². The van der Waals surface area contributed by atoms with Crippen LogP contribution in [0.2, 0.25) is 0 Å². The van der Waals surface area contributed by atoms with E-state index >= 15 is 0 Å². The van der Waals surface area contributed by atoms with Gasteiger partial charge in [-0.15, -0.1) is 0 Å². The molecule has 1 aliphatic rings. The van der Waals surface area contributed by atoms with Gasteiger partial charge in [-0.1, -0.05) is 0 Å². The van der Waals surface area contributed by atoms with E-state index in [2.05, 4.69) is 15.0 Å². The number of ether oxygens (including phenoxy) is 1. The smallest absolute Gasteiger partial charge is 0.270 e. The Kier molecular flexibility index (Phi) is 4.16. The second kappa shape index (κ2) is 6.49. The molecule has 3 aromatic rings. The third-order valence-corrected chi connectivity index (χ3v) is 4.48. The zero-order chi connectivity index (χ0) is 18.3. The Balaban J connectivity index is 1.57. The number of carbonyl (C=O) groups is 1. The summed E-state index contributed by atoms with van der Waals surface area (Å²) in [6, 6.07) is 8.07. The van der Waals surface area contributed by atoms with E-state index in [0.29, 0.717) is 36.7 Å². The second-order valence-electron chi connectivity index (χ2n) is 6.51.